The van der Waals surface area contributed by atoms with Crippen LogP contribution in [0.3, 0.4) is 0 Å². The van der Waals surface area contributed by atoms with Gasteiger partial charge in [-0.25, -0.2) is 0 Å². The molecule has 0 unspecified atom stereocenters. The lowest BCUT2D eigenvalue weighted by Crippen LogP contribution is -2.41. The summed E-state index contributed by atoms with van der Waals surface area (Å²) in [6, 6.07) is 0. The van der Waals surface area contributed by atoms with Crippen molar-refractivity contribution in [2.45, 2.75) is 58.0 Å². The van der Waals surface area contributed by atoms with E-state index in [4.69, 9.17) is 4.74 Å². The number of methoxy groups -OCH3 is 1. The van der Waals surface area contributed by atoms with Crippen molar-refractivity contribution in [3.05, 3.63) is 0 Å². The summed E-state index contributed by atoms with van der Waals surface area (Å²) in [5.41, 5.74) is -0.490. The van der Waals surface area contributed by atoms with Crippen LogP contribution < -0.4 is 0 Å². The van der Waals surface area contributed by atoms with Crippen LogP contribution in [0.1, 0.15) is 52.4 Å². The van der Waals surface area contributed by atoms with E-state index in [0.717, 1.165) is 19.3 Å². The summed E-state index contributed by atoms with van der Waals surface area (Å²) in [6.07, 6.45) is 6.10. The number of ketones is 1. The summed E-state index contributed by atoms with van der Waals surface area (Å²) >= 11 is 0. The van der Waals surface area contributed by atoms with Crippen molar-refractivity contribution in [1.82, 2.24) is 0 Å². The average molecular weight is 198 g/mol. The van der Waals surface area contributed by atoms with Crippen LogP contribution in [0, 0.1) is 5.92 Å². The quantitative estimate of drug-likeness (QED) is 0.656. The fourth-order valence-electron chi connectivity index (χ4n) is 2.19. The van der Waals surface area contributed by atoms with Gasteiger partial charge in [0.05, 0.1) is 0 Å². The summed E-state index contributed by atoms with van der Waals surface area (Å²) in [5, 5.41) is 0. The molecule has 0 aromatic rings. The Labute approximate surface area is 87.0 Å². The zero-order valence-electron chi connectivity index (χ0n) is 9.64. The molecule has 2 nitrogen and oxygen atoms in total. The third-order valence-electron chi connectivity index (χ3n) is 3.74. The Hall–Kier alpha value is -0.370. The lowest BCUT2D eigenvalue weighted by Gasteiger charge is -2.32. The standard InChI is InChI=1S/C12H22O2/c1-4-12(5-2,14-3)11(13)9-10-7-6-8-10/h10H,4-9H2,1-3H3. The van der Waals surface area contributed by atoms with Crippen LogP contribution in [0.25, 0.3) is 0 Å². The van der Waals surface area contributed by atoms with Gasteiger partial charge in [-0.1, -0.05) is 33.1 Å². The monoisotopic (exact) mass is 198 g/mol. The van der Waals surface area contributed by atoms with Gasteiger partial charge in [-0.05, 0) is 18.8 Å². The van der Waals surface area contributed by atoms with Gasteiger partial charge in [-0.15, -0.1) is 0 Å². The zero-order valence-corrected chi connectivity index (χ0v) is 9.64. The van der Waals surface area contributed by atoms with E-state index >= 15 is 0 Å². The van der Waals surface area contributed by atoms with Gasteiger partial charge in [0.15, 0.2) is 5.78 Å². The Bertz CT molecular complexity index is 182. The van der Waals surface area contributed by atoms with Crippen molar-refractivity contribution >= 4 is 5.78 Å². The number of hydrogen-bond donors (Lipinski definition) is 0. The average Bonchev–Trinajstić information content (AvgIpc) is 2.15. The topological polar surface area (TPSA) is 26.3 Å². The predicted octanol–water partition coefficient (Wildman–Crippen LogP) is 2.95. The lowest BCUT2D eigenvalue weighted by molar-refractivity contribution is -0.143. The Morgan fingerprint density at radius 2 is 1.93 bits per heavy atom. The van der Waals surface area contributed by atoms with Gasteiger partial charge < -0.3 is 4.74 Å². The number of carbonyl (C=O) groups is 1. The van der Waals surface area contributed by atoms with Gasteiger partial charge in [0.2, 0.25) is 0 Å². The molecule has 0 saturated heterocycles. The van der Waals surface area contributed by atoms with Crippen molar-refractivity contribution in [1.29, 1.82) is 0 Å². The number of rotatable bonds is 6. The van der Waals surface area contributed by atoms with E-state index in [0.29, 0.717) is 11.7 Å². The molecule has 0 heterocycles. The van der Waals surface area contributed by atoms with E-state index < -0.39 is 5.60 Å². The highest BCUT2D eigenvalue weighted by Crippen LogP contribution is 2.33. The van der Waals surface area contributed by atoms with Crippen molar-refractivity contribution in [3.63, 3.8) is 0 Å². The third-order valence-corrected chi connectivity index (χ3v) is 3.74. The van der Waals surface area contributed by atoms with Gasteiger partial charge in [-0.2, -0.15) is 0 Å². The van der Waals surface area contributed by atoms with Crippen LogP contribution in [0.2, 0.25) is 0 Å². The second-order valence-electron chi connectivity index (χ2n) is 4.33. The largest absolute Gasteiger partial charge is 0.370 e. The molecule has 82 valence electrons. The van der Waals surface area contributed by atoms with Crippen molar-refractivity contribution in [2.24, 2.45) is 5.92 Å². The van der Waals surface area contributed by atoms with Crippen LogP contribution in [-0.2, 0) is 9.53 Å². The summed E-state index contributed by atoms with van der Waals surface area (Å²) in [4.78, 5) is 12.0. The lowest BCUT2D eigenvalue weighted by atomic mass is 9.77. The molecule has 1 rings (SSSR count). The number of ether oxygens (including phenoxy) is 1. The first-order chi connectivity index (χ1) is 6.68. The fraction of sp³-hybridized carbons (Fsp3) is 0.917. The fourth-order valence-corrected chi connectivity index (χ4v) is 2.19. The summed E-state index contributed by atoms with van der Waals surface area (Å²) in [6.45, 7) is 4.07. The molecule has 1 aliphatic carbocycles. The zero-order chi connectivity index (χ0) is 10.6. The molecule has 2 heteroatoms. The molecule has 14 heavy (non-hydrogen) atoms. The molecule has 1 fully saturated rings. The summed E-state index contributed by atoms with van der Waals surface area (Å²) in [7, 11) is 1.66. The second kappa shape index (κ2) is 4.92. The number of carbonyl (C=O) groups excluding carboxylic acids is 1. The molecule has 0 amide bonds. The molecule has 1 saturated carbocycles. The summed E-state index contributed by atoms with van der Waals surface area (Å²) < 4.78 is 5.42. The maximum Gasteiger partial charge on any atom is 0.164 e. The highest BCUT2D eigenvalue weighted by atomic mass is 16.5. The maximum absolute atomic E-state index is 12.0. The van der Waals surface area contributed by atoms with E-state index in [9.17, 15) is 4.79 Å². The van der Waals surface area contributed by atoms with E-state index in [1.165, 1.54) is 19.3 Å². The molecule has 0 aromatic carbocycles. The molecule has 0 aliphatic heterocycles. The molecular weight excluding hydrogens is 176 g/mol. The first-order valence-corrected chi connectivity index (χ1v) is 5.77. The SMILES string of the molecule is CCC(CC)(OC)C(=O)CC1CCC1. The highest BCUT2D eigenvalue weighted by Gasteiger charge is 2.36. The van der Waals surface area contributed by atoms with Gasteiger partial charge >= 0.3 is 0 Å². The van der Waals surface area contributed by atoms with E-state index in [-0.39, 0.29) is 0 Å². The number of hydrogen-bond acceptors (Lipinski definition) is 2. The normalized spacial score (nSPS) is 17.9. The Morgan fingerprint density at radius 1 is 1.36 bits per heavy atom. The Kier molecular flexibility index (Phi) is 4.11. The minimum absolute atomic E-state index is 0.315. The highest BCUT2D eigenvalue weighted by molar-refractivity contribution is 5.87. The van der Waals surface area contributed by atoms with Crippen LogP contribution in [0.4, 0.5) is 0 Å². The maximum atomic E-state index is 12.0. The second-order valence-corrected chi connectivity index (χ2v) is 4.33. The van der Waals surface area contributed by atoms with E-state index in [1.54, 1.807) is 7.11 Å². The summed E-state index contributed by atoms with van der Waals surface area (Å²) in [5.74, 6) is 0.963. The molecule has 0 aromatic heterocycles. The first-order valence-electron chi connectivity index (χ1n) is 5.77. The minimum atomic E-state index is -0.490. The van der Waals surface area contributed by atoms with Crippen LogP contribution >= 0.6 is 0 Å². The molecule has 0 radical (unpaired) electrons. The van der Waals surface area contributed by atoms with Gasteiger partial charge in [-0.3, -0.25) is 4.79 Å². The molecule has 0 N–H and O–H groups in total. The smallest absolute Gasteiger partial charge is 0.164 e. The van der Waals surface area contributed by atoms with E-state index in [1.807, 2.05) is 13.8 Å². The first kappa shape index (κ1) is 11.7. The Morgan fingerprint density at radius 3 is 2.21 bits per heavy atom. The Balaban J connectivity index is 2.52. The van der Waals surface area contributed by atoms with Crippen molar-refractivity contribution in [2.75, 3.05) is 7.11 Å². The van der Waals surface area contributed by atoms with Crippen molar-refractivity contribution in [3.8, 4) is 0 Å². The molecule has 0 bridgehead atoms. The van der Waals surface area contributed by atoms with Crippen LogP contribution in [0.5, 0.6) is 0 Å². The molecule has 0 atom stereocenters. The van der Waals surface area contributed by atoms with Crippen LogP contribution in [-0.4, -0.2) is 18.5 Å². The molecule has 0 spiro atoms. The van der Waals surface area contributed by atoms with Crippen molar-refractivity contribution < 1.29 is 9.53 Å². The predicted molar refractivity (Wildman–Crippen MR) is 57.3 cm³/mol. The van der Waals surface area contributed by atoms with Gasteiger partial charge in [0.1, 0.15) is 5.60 Å². The molecular formula is C12H22O2. The number of Topliss-reactive ketones (excluding diaryl/α,β-unsaturated/α-hetero) is 1. The van der Waals surface area contributed by atoms with Gasteiger partial charge in [0.25, 0.3) is 0 Å². The molecule has 1 aliphatic rings. The minimum Gasteiger partial charge on any atom is -0.370 e. The van der Waals surface area contributed by atoms with Gasteiger partial charge in [0, 0.05) is 13.5 Å². The van der Waals surface area contributed by atoms with E-state index in [2.05, 4.69) is 0 Å². The van der Waals surface area contributed by atoms with Crippen LogP contribution in [0.15, 0.2) is 0 Å². The third kappa shape index (κ3) is 2.17.